The maximum absolute atomic E-state index is 13.0. The van der Waals surface area contributed by atoms with Crippen LogP contribution in [0.15, 0.2) is 79.0 Å². The van der Waals surface area contributed by atoms with Gasteiger partial charge in [0.1, 0.15) is 11.6 Å². The highest BCUT2D eigenvalue weighted by atomic mass is 16.5. The lowest BCUT2D eigenvalue weighted by atomic mass is 10.0. The average molecular weight is 355 g/mol. The van der Waals surface area contributed by atoms with Gasteiger partial charge in [-0.25, -0.2) is 9.97 Å². The van der Waals surface area contributed by atoms with Crippen molar-refractivity contribution < 1.29 is 9.53 Å². The molecular weight excluding hydrogens is 338 g/mol. The smallest absolute Gasteiger partial charge is 0.257 e. The van der Waals surface area contributed by atoms with Gasteiger partial charge < -0.3 is 10.1 Å². The second-order valence-electron chi connectivity index (χ2n) is 5.94. The lowest BCUT2D eigenvalue weighted by molar-refractivity contribution is 0.102. The van der Waals surface area contributed by atoms with E-state index in [0.717, 1.165) is 16.5 Å². The van der Waals surface area contributed by atoms with Crippen LogP contribution in [0, 0.1) is 0 Å². The number of methoxy groups -OCH3 is 1. The van der Waals surface area contributed by atoms with Crippen LogP contribution in [0.2, 0.25) is 0 Å². The van der Waals surface area contributed by atoms with Crippen molar-refractivity contribution in [1.82, 2.24) is 9.97 Å². The van der Waals surface area contributed by atoms with E-state index in [2.05, 4.69) is 10.3 Å². The van der Waals surface area contributed by atoms with Gasteiger partial charge in [-0.05, 0) is 36.4 Å². The highest BCUT2D eigenvalue weighted by Gasteiger charge is 2.16. The molecule has 4 aromatic rings. The average Bonchev–Trinajstić information content (AvgIpc) is 2.73. The Morgan fingerprint density at radius 3 is 2.56 bits per heavy atom. The van der Waals surface area contributed by atoms with Gasteiger partial charge in [0.05, 0.1) is 23.9 Å². The molecule has 2 aromatic carbocycles. The fourth-order valence-electron chi connectivity index (χ4n) is 2.98. The van der Waals surface area contributed by atoms with E-state index in [0.29, 0.717) is 22.8 Å². The SMILES string of the molecule is COc1ccccc1-c1cc(C(=O)Nc2ccccn2)c2ccccc2n1. The van der Waals surface area contributed by atoms with Crippen LogP contribution in [0.3, 0.4) is 0 Å². The molecule has 0 radical (unpaired) electrons. The second kappa shape index (κ2) is 7.25. The first kappa shape index (κ1) is 16.7. The van der Waals surface area contributed by atoms with Crippen LogP contribution in [0.5, 0.6) is 5.75 Å². The number of carbonyl (C=O) groups is 1. The zero-order valence-electron chi connectivity index (χ0n) is 14.7. The van der Waals surface area contributed by atoms with Crippen molar-refractivity contribution in [2.24, 2.45) is 0 Å². The first-order valence-electron chi connectivity index (χ1n) is 8.52. The first-order chi connectivity index (χ1) is 13.3. The molecule has 0 saturated heterocycles. The summed E-state index contributed by atoms with van der Waals surface area (Å²) in [5.41, 5.74) is 2.79. The number of anilines is 1. The Labute approximate surface area is 156 Å². The number of ether oxygens (including phenoxy) is 1. The van der Waals surface area contributed by atoms with E-state index in [4.69, 9.17) is 9.72 Å². The largest absolute Gasteiger partial charge is 0.496 e. The van der Waals surface area contributed by atoms with Crippen LogP contribution in [-0.4, -0.2) is 23.0 Å². The van der Waals surface area contributed by atoms with Crippen molar-refractivity contribution in [3.05, 3.63) is 84.6 Å². The van der Waals surface area contributed by atoms with Crippen LogP contribution in [-0.2, 0) is 0 Å². The Hall–Kier alpha value is -3.73. The third-order valence-corrected chi connectivity index (χ3v) is 4.25. The minimum Gasteiger partial charge on any atom is -0.496 e. The minimum atomic E-state index is -0.233. The van der Waals surface area contributed by atoms with E-state index in [1.807, 2.05) is 54.6 Å². The Morgan fingerprint density at radius 1 is 0.963 bits per heavy atom. The second-order valence-corrected chi connectivity index (χ2v) is 5.94. The first-order valence-corrected chi connectivity index (χ1v) is 8.52. The molecule has 0 unspecified atom stereocenters. The number of aromatic nitrogens is 2. The molecule has 4 rings (SSSR count). The standard InChI is InChI=1S/C22H17N3O2/c1-27-20-11-5-3-9-16(20)19-14-17(15-8-2-4-10-18(15)24-19)22(26)25-21-12-6-7-13-23-21/h2-14H,1H3,(H,23,25,26). The molecule has 1 amide bonds. The summed E-state index contributed by atoms with van der Waals surface area (Å²) in [5.74, 6) is 0.974. The molecule has 27 heavy (non-hydrogen) atoms. The van der Waals surface area contributed by atoms with E-state index >= 15 is 0 Å². The third kappa shape index (κ3) is 3.35. The lowest BCUT2D eigenvalue weighted by Crippen LogP contribution is -2.14. The molecule has 0 aliphatic heterocycles. The van der Waals surface area contributed by atoms with Crippen LogP contribution in [0.4, 0.5) is 5.82 Å². The van der Waals surface area contributed by atoms with E-state index in [-0.39, 0.29) is 5.91 Å². The normalized spacial score (nSPS) is 10.6. The van der Waals surface area contributed by atoms with Gasteiger partial charge in [-0.1, -0.05) is 36.4 Å². The van der Waals surface area contributed by atoms with E-state index in [1.54, 1.807) is 31.5 Å². The zero-order chi connectivity index (χ0) is 18.6. The molecular formula is C22H17N3O2. The molecule has 0 spiro atoms. The third-order valence-electron chi connectivity index (χ3n) is 4.25. The van der Waals surface area contributed by atoms with Crippen LogP contribution in [0.25, 0.3) is 22.2 Å². The maximum Gasteiger partial charge on any atom is 0.257 e. The predicted molar refractivity (Wildman–Crippen MR) is 106 cm³/mol. The molecule has 2 heterocycles. The molecule has 0 atom stereocenters. The number of hydrogen-bond acceptors (Lipinski definition) is 4. The minimum absolute atomic E-state index is 0.233. The number of amides is 1. The summed E-state index contributed by atoms with van der Waals surface area (Å²) < 4.78 is 5.46. The van der Waals surface area contributed by atoms with Crippen LogP contribution >= 0.6 is 0 Å². The lowest BCUT2D eigenvalue weighted by Gasteiger charge is -2.12. The van der Waals surface area contributed by atoms with Gasteiger partial charge >= 0.3 is 0 Å². The van der Waals surface area contributed by atoms with Crippen molar-refractivity contribution in [2.45, 2.75) is 0 Å². The topological polar surface area (TPSA) is 64.1 Å². The quantitative estimate of drug-likeness (QED) is 0.583. The molecule has 1 N–H and O–H groups in total. The number of carbonyl (C=O) groups excluding carboxylic acids is 1. The summed E-state index contributed by atoms with van der Waals surface area (Å²) in [6, 6.07) is 22.4. The number of fused-ring (bicyclic) bond motifs is 1. The van der Waals surface area contributed by atoms with E-state index in [1.165, 1.54) is 0 Å². The molecule has 5 nitrogen and oxygen atoms in total. The van der Waals surface area contributed by atoms with Crippen molar-refractivity contribution in [3.8, 4) is 17.0 Å². The fraction of sp³-hybridized carbons (Fsp3) is 0.0455. The Kier molecular flexibility index (Phi) is 4.49. The summed E-state index contributed by atoms with van der Waals surface area (Å²) in [4.78, 5) is 21.8. The number of hydrogen-bond donors (Lipinski definition) is 1. The van der Waals surface area contributed by atoms with Gasteiger partial charge in [0.25, 0.3) is 5.91 Å². The molecule has 0 fully saturated rings. The van der Waals surface area contributed by atoms with Gasteiger partial charge in [0, 0.05) is 17.1 Å². The Morgan fingerprint density at radius 2 is 1.74 bits per heavy atom. The zero-order valence-corrected chi connectivity index (χ0v) is 14.7. The summed E-state index contributed by atoms with van der Waals surface area (Å²) in [6.07, 6.45) is 1.64. The molecule has 0 aliphatic carbocycles. The van der Waals surface area contributed by atoms with Gasteiger partial charge in [0.15, 0.2) is 0 Å². The maximum atomic E-state index is 13.0. The van der Waals surface area contributed by atoms with Gasteiger partial charge in [0.2, 0.25) is 0 Å². The highest BCUT2D eigenvalue weighted by molar-refractivity contribution is 6.12. The molecule has 0 aliphatic rings. The molecule has 0 saturated carbocycles. The Bertz CT molecular complexity index is 1110. The van der Waals surface area contributed by atoms with Gasteiger partial charge in [-0.2, -0.15) is 0 Å². The monoisotopic (exact) mass is 355 g/mol. The molecule has 0 bridgehead atoms. The highest BCUT2D eigenvalue weighted by Crippen LogP contribution is 2.31. The number of nitrogens with zero attached hydrogens (tertiary/aromatic N) is 2. The number of pyridine rings is 2. The van der Waals surface area contributed by atoms with E-state index < -0.39 is 0 Å². The van der Waals surface area contributed by atoms with E-state index in [9.17, 15) is 4.79 Å². The van der Waals surface area contributed by atoms with Crippen LogP contribution < -0.4 is 10.1 Å². The summed E-state index contributed by atoms with van der Waals surface area (Å²) in [6.45, 7) is 0. The van der Waals surface area contributed by atoms with Crippen molar-refractivity contribution in [2.75, 3.05) is 12.4 Å². The number of benzene rings is 2. The molecule has 132 valence electrons. The molecule has 2 aromatic heterocycles. The number of nitrogens with one attached hydrogen (secondary N) is 1. The molecule has 5 heteroatoms. The summed E-state index contributed by atoms with van der Waals surface area (Å²) in [5, 5.41) is 3.63. The van der Waals surface area contributed by atoms with Crippen LogP contribution in [0.1, 0.15) is 10.4 Å². The van der Waals surface area contributed by atoms with Crippen molar-refractivity contribution >= 4 is 22.6 Å². The van der Waals surface area contributed by atoms with Crippen molar-refractivity contribution in [3.63, 3.8) is 0 Å². The van der Waals surface area contributed by atoms with Gasteiger partial charge in [-0.15, -0.1) is 0 Å². The Balaban J connectivity index is 1.85. The van der Waals surface area contributed by atoms with Crippen molar-refractivity contribution in [1.29, 1.82) is 0 Å². The number of para-hydroxylation sites is 2. The summed E-state index contributed by atoms with van der Waals surface area (Å²) >= 11 is 0. The fourth-order valence-corrected chi connectivity index (χ4v) is 2.98. The summed E-state index contributed by atoms with van der Waals surface area (Å²) in [7, 11) is 1.62. The predicted octanol–water partition coefficient (Wildman–Crippen LogP) is 4.56. The number of rotatable bonds is 4. The van der Waals surface area contributed by atoms with Gasteiger partial charge in [-0.3, -0.25) is 4.79 Å².